The largest absolute Gasteiger partial charge is 0.497 e. The first-order valence-electron chi connectivity index (χ1n) is 6.81. The van der Waals surface area contributed by atoms with Gasteiger partial charge in [-0.25, -0.2) is 4.39 Å². The molecule has 3 aromatic rings. The third-order valence-electron chi connectivity index (χ3n) is 3.52. The summed E-state index contributed by atoms with van der Waals surface area (Å²) in [4.78, 5) is 15.5. The molecular weight excluding hydrogens is 283 g/mol. The quantitative estimate of drug-likeness (QED) is 0.771. The molecule has 2 N–H and O–H groups in total. The second-order valence-electron chi connectivity index (χ2n) is 5.00. The van der Waals surface area contributed by atoms with Crippen LogP contribution in [0, 0.1) is 12.7 Å². The van der Waals surface area contributed by atoms with Crippen molar-refractivity contribution in [1.29, 1.82) is 0 Å². The molecule has 3 rings (SSSR count). The smallest absolute Gasteiger partial charge is 0.258 e. The van der Waals surface area contributed by atoms with Gasteiger partial charge in [0.15, 0.2) is 0 Å². The Morgan fingerprint density at radius 1 is 1.18 bits per heavy atom. The molecule has 0 saturated carbocycles. The van der Waals surface area contributed by atoms with E-state index < -0.39 is 0 Å². The standard InChI is InChI=1S/C17H15FN2O2/c1-10-16(14-8-3-11(18)9-15(14)19-10)17(21)20-12-4-6-13(22-2)7-5-12/h3-9,19H,1-2H3,(H,20,21). The van der Waals surface area contributed by atoms with Gasteiger partial charge in [0.1, 0.15) is 11.6 Å². The summed E-state index contributed by atoms with van der Waals surface area (Å²) in [5, 5.41) is 3.53. The van der Waals surface area contributed by atoms with E-state index in [1.165, 1.54) is 12.1 Å². The number of aryl methyl sites for hydroxylation is 1. The first kappa shape index (κ1) is 14.1. The van der Waals surface area contributed by atoms with Gasteiger partial charge in [-0.1, -0.05) is 0 Å². The summed E-state index contributed by atoms with van der Waals surface area (Å²) in [6.07, 6.45) is 0. The second kappa shape index (κ2) is 5.52. The summed E-state index contributed by atoms with van der Waals surface area (Å²) in [5.74, 6) is 0.146. The molecule has 0 spiro atoms. The van der Waals surface area contributed by atoms with Crippen LogP contribution in [-0.4, -0.2) is 18.0 Å². The van der Waals surface area contributed by atoms with E-state index in [-0.39, 0.29) is 11.7 Å². The highest BCUT2D eigenvalue weighted by molar-refractivity contribution is 6.13. The van der Waals surface area contributed by atoms with Crippen molar-refractivity contribution >= 4 is 22.5 Å². The van der Waals surface area contributed by atoms with Gasteiger partial charge in [0.05, 0.1) is 12.7 Å². The maximum atomic E-state index is 13.3. The van der Waals surface area contributed by atoms with Crippen LogP contribution >= 0.6 is 0 Å². The van der Waals surface area contributed by atoms with E-state index in [2.05, 4.69) is 10.3 Å². The molecule has 0 bridgehead atoms. The number of carbonyl (C=O) groups is 1. The first-order chi connectivity index (χ1) is 10.6. The van der Waals surface area contributed by atoms with E-state index in [9.17, 15) is 9.18 Å². The van der Waals surface area contributed by atoms with Gasteiger partial charge in [0.2, 0.25) is 0 Å². The van der Waals surface area contributed by atoms with Crippen molar-refractivity contribution in [1.82, 2.24) is 4.98 Å². The van der Waals surface area contributed by atoms with Crippen LogP contribution < -0.4 is 10.1 Å². The SMILES string of the molecule is COc1ccc(NC(=O)c2c(C)[nH]c3cc(F)ccc23)cc1. The molecule has 112 valence electrons. The summed E-state index contributed by atoms with van der Waals surface area (Å²) in [5.41, 5.74) is 2.50. The number of benzene rings is 2. The average molecular weight is 298 g/mol. The normalized spacial score (nSPS) is 10.7. The van der Waals surface area contributed by atoms with Crippen LogP contribution in [0.25, 0.3) is 10.9 Å². The van der Waals surface area contributed by atoms with Crippen molar-refractivity contribution in [3.05, 3.63) is 59.5 Å². The van der Waals surface area contributed by atoms with Crippen molar-refractivity contribution in [2.45, 2.75) is 6.92 Å². The number of aromatic nitrogens is 1. The Kier molecular flexibility index (Phi) is 3.55. The Bertz CT molecular complexity index is 838. The van der Waals surface area contributed by atoms with Gasteiger partial charge in [-0.2, -0.15) is 0 Å². The number of halogens is 1. The third-order valence-corrected chi connectivity index (χ3v) is 3.52. The zero-order valence-corrected chi connectivity index (χ0v) is 12.2. The van der Waals surface area contributed by atoms with Crippen LogP contribution in [0.4, 0.5) is 10.1 Å². The Balaban J connectivity index is 1.93. The van der Waals surface area contributed by atoms with Crippen LogP contribution in [-0.2, 0) is 0 Å². The Labute approximate surface area is 126 Å². The lowest BCUT2D eigenvalue weighted by atomic mass is 10.1. The molecule has 1 heterocycles. The second-order valence-corrected chi connectivity index (χ2v) is 5.00. The molecule has 22 heavy (non-hydrogen) atoms. The Morgan fingerprint density at radius 3 is 2.59 bits per heavy atom. The van der Waals surface area contributed by atoms with Gasteiger partial charge in [-0.3, -0.25) is 4.79 Å². The zero-order chi connectivity index (χ0) is 15.7. The number of aromatic amines is 1. The number of amides is 1. The number of fused-ring (bicyclic) bond motifs is 1. The number of rotatable bonds is 3. The van der Waals surface area contributed by atoms with Crippen LogP contribution in [0.1, 0.15) is 16.1 Å². The lowest BCUT2D eigenvalue weighted by molar-refractivity contribution is 0.102. The van der Waals surface area contributed by atoms with E-state index in [0.717, 1.165) is 5.75 Å². The topological polar surface area (TPSA) is 54.1 Å². The van der Waals surface area contributed by atoms with Gasteiger partial charge in [0, 0.05) is 22.3 Å². The molecule has 0 fully saturated rings. The number of H-pyrrole nitrogens is 1. The minimum atomic E-state index is -0.337. The predicted octanol–water partition coefficient (Wildman–Crippen LogP) is 3.88. The average Bonchev–Trinajstić information content (AvgIpc) is 2.83. The van der Waals surface area contributed by atoms with Gasteiger partial charge in [-0.05, 0) is 49.4 Å². The number of methoxy groups -OCH3 is 1. The van der Waals surface area contributed by atoms with Crippen LogP contribution in [0.3, 0.4) is 0 Å². The molecule has 1 amide bonds. The number of nitrogens with one attached hydrogen (secondary N) is 2. The lowest BCUT2D eigenvalue weighted by Gasteiger charge is -2.06. The summed E-state index contributed by atoms with van der Waals surface area (Å²) in [7, 11) is 1.59. The molecule has 0 atom stereocenters. The molecule has 0 radical (unpaired) electrons. The zero-order valence-electron chi connectivity index (χ0n) is 12.2. The van der Waals surface area contributed by atoms with Gasteiger partial charge in [-0.15, -0.1) is 0 Å². The number of hydrogen-bond donors (Lipinski definition) is 2. The lowest BCUT2D eigenvalue weighted by Crippen LogP contribution is -2.12. The van der Waals surface area contributed by atoms with Crippen molar-refractivity contribution < 1.29 is 13.9 Å². The maximum Gasteiger partial charge on any atom is 0.258 e. The van der Waals surface area contributed by atoms with Gasteiger partial charge >= 0.3 is 0 Å². The fourth-order valence-corrected chi connectivity index (χ4v) is 2.46. The highest BCUT2D eigenvalue weighted by Gasteiger charge is 2.16. The summed E-state index contributed by atoms with van der Waals surface area (Å²) in [6, 6.07) is 11.4. The van der Waals surface area contributed by atoms with Crippen molar-refractivity contribution in [3.63, 3.8) is 0 Å². The number of anilines is 1. The molecular formula is C17H15FN2O2. The molecule has 0 aliphatic carbocycles. The Hall–Kier alpha value is -2.82. The van der Waals surface area contributed by atoms with E-state index in [1.54, 1.807) is 44.4 Å². The molecule has 2 aromatic carbocycles. The number of hydrogen-bond acceptors (Lipinski definition) is 2. The van der Waals surface area contributed by atoms with Crippen LogP contribution in [0.2, 0.25) is 0 Å². The molecule has 0 aliphatic rings. The summed E-state index contributed by atoms with van der Waals surface area (Å²) < 4.78 is 18.3. The fraction of sp³-hybridized carbons (Fsp3) is 0.118. The molecule has 1 aromatic heterocycles. The van der Waals surface area contributed by atoms with E-state index in [4.69, 9.17) is 4.74 Å². The van der Waals surface area contributed by atoms with Crippen molar-refractivity contribution in [2.24, 2.45) is 0 Å². The minimum absolute atomic E-state index is 0.236. The predicted molar refractivity (Wildman–Crippen MR) is 83.9 cm³/mol. The van der Waals surface area contributed by atoms with Crippen molar-refractivity contribution in [3.8, 4) is 5.75 Å². The highest BCUT2D eigenvalue weighted by Crippen LogP contribution is 2.24. The molecule has 4 nitrogen and oxygen atoms in total. The van der Waals surface area contributed by atoms with Gasteiger partial charge < -0.3 is 15.0 Å². The van der Waals surface area contributed by atoms with Gasteiger partial charge in [0.25, 0.3) is 5.91 Å². The number of ether oxygens (including phenoxy) is 1. The fourth-order valence-electron chi connectivity index (χ4n) is 2.46. The van der Waals surface area contributed by atoms with Crippen LogP contribution in [0.15, 0.2) is 42.5 Å². The maximum absolute atomic E-state index is 13.3. The molecule has 5 heteroatoms. The van der Waals surface area contributed by atoms with E-state index in [0.29, 0.717) is 27.8 Å². The van der Waals surface area contributed by atoms with Crippen molar-refractivity contribution in [2.75, 3.05) is 12.4 Å². The van der Waals surface area contributed by atoms with Crippen LogP contribution in [0.5, 0.6) is 5.75 Å². The number of carbonyl (C=O) groups excluding carboxylic acids is 1. The molecule has 0 aliphatic heterocycles. The first-order valence-corrected chi connectivity index (χ1v) is 6.81. The molecule has 0 saturated heterocycles. The Morgan fingerprint density at radius 2 is 1.91 bits per heavy atom. The summed E-state index contributed by atoms with van der Waals surface area (Å²) >= 11 is 0. The minimum Gasteiger partial charge on any atom is -0.497 e. The van der Waals surface area contributed by atoms with E-state index in [1.807, 2.05) is 0 Å². The van der Waals surface area contributed by atoms with E-state index >= 15 is 0 Å². The third kappa shape index (κ3) is 2.53. The molecule has 0 unspecified atom stereocenters. The monoisotopic (exact) mass is 298 g/mol. The highest BCUT2D eigenvalue weighted by atomic mass is 19.1. The summed E-state index contributed by atoms with van der Waals surface area (Å²) in [6.45, 7) is 1.79.